The molecule has 26 heavy (non-hydrogen) atoms. The van der Waals surface area contributed by atoms with Crippen molar-refractivity contribution in [2.75, 3.05) is 10.6 Å². The number of ketones is 1. The average Bonchev–Trinajstić information content (AvgIpc) is 2.62. The molecule has 3 aromatic rings. The summed E-state index contributed by atoms with van der Waals surface area (Å²) in [4.78, 5) is 20.2. The predicted octanol–water partition coefficient (Wildman–Crippen LogP) is 5.04. The number of nitrogens with zero attached hydrogens (tertiary/aromatic N) is 2. The first-order chi connectivity index (χ1) is 12.5. The van der Waals surface area contributed by atoms with Crippen LogP contribution in [0.3, 0.4) is 0 Å². The number of hydrogen-bond donors (Lipinski definition) is 2. The van der Waals surface area contributed by atoms with Gasteiger partial charge in [-0.2, -0.15) is 0 Å². The van der Waals surface area contributed by atoms with Crippen molar-refractivity contribution in [3.05, 3.63) is 71.5 Å². The van der Waals surface area contributed by atoms with E-state index in [0.717, 1.165) is 23.6 Å². The van der Waals surface area contributed by atoms with E-state index in [-0.39, 0.29) is 5.78 Å². The molecule has 0 spiro atoms. The van der Waals surface area contributed by atoms with Crippen molar-refractivity contribution in [3.63, 3.8) is 0 Å². The second-order valence-electron chi connectivity index (χ2n) is 6.12. The summed E-state index contributed by atoms with van der Waals surface area (Å²) in [5, 5.41) is 6.56. The standard InChI is InChI=1S/C21H22N4O/c1-4-16-5-9-18(10-6-16)24-20-13-21(23-15(3)22-20)25-19-11-7-17(8-12-19)14(2)26/h5-13H,4H2,1-3H3,(H2,22,23,24,25). The molecule has 0 radical (unpaired) electrons. The summed E-state index contributed by atoms with van der Waals surface area (Å²) >= 11 is 0. The number of hydrogen-bond acceptors (Lipinski definition) is 5. The smallest absolute Gasteiger partial charge is 0.159 e. The average molecular weight is 346 g/mol. The molecule has 0 bridgehead atoms. The Morgan fingerprint density at radius 1 is 0.885 bits per heavy atom. The molecule has 0 aliphatic heterocycles. The van der Waals surface area contributed by atoms with Crippen LogP contribution in [0.5, 0.6) is 0 Å². The maximum absolute atomic E-state index is 11.4. The van der Waals surface area contributed by atoms with Gasteiger partial charge in [0.2, 0.25) is 0 Å². The van der Waals surface area contributed by atoms with Crippen molar-refractivity contribution in [1.29, 1.82) is 0 Å². The summed E-state index contributed by atoms with van der Waals surface area (Å²) in [7, 11) is 0. The van der Waals surface area contributed by atoms with E-state index >= 15 is 0 Å². The molecule has 0 aliphatic rings. The Bertz CT molecular complexity index is 902. The molecule has 5 nitrogen and oxygen atoms in total. The number of nitrogens with one attached hydrogen (secondary N) is 2. The Hall–Kier alpha value is -3.21. The Labute approximate surface area is 153 Å². The van der Waals surface area contributed by atoms with Crippen LogP contribution in [0.1, 0.15) is 35.6 Å². The minimum atomic E-state index is 0.0509. The Morgan fingerprint density at radius 2 is 1.38 bits per heavy atom. The van der Waals surface area contributed by atoms with E-state index < -0.39 is 0 Å². The molecule has 0 atom stereocenters. The van der Waals surface area contributed by atoms with Crippen LogP contribution in [-0.2, 0) is 6.42 Å². The molecule has 132 valence electrons. The SMILES string of the molecule is CCc1ccc(Nc2cc(Nc3ccc(C(C)=O)cc3)nc(C)n2)cc1. The molecule has 0 saturated heterocycles. The van der Waals surface area contributed by atoms with Gasteiger partial charge in [0.1, 0.15) is 17.5 Å². The summed E-state index contributed by atoms with van der Waals surface area (Å²) in [6, 6.07) is 17.5. The van der Waals surface area contributed by atoms with Crippen LogP contribution in [0.15, 0.2) is 54.6 Å². The van der Waals surface area contributed by atoms with Gasteiger partial charge in [0.25, 0.3) is 0 Å². The highest BCUT2D eigenvalue weighted by Gasteiger charge is 2.05. The van der Waals surface area contributed by atoms with E-state index in [1.807, 2.05) is 37.3 Å². The van der Waals surface area contributed by atoms with E-state index in [4.69, 9.17) is 0 Å². The number of carbonyl (C=O) groups excluding carboxylic acids is 1. The van der Waals surface area contributed by atoms with Gasteiger partial charge in [-0.1, -0.05) is 19.1 Å². The Morgan fingerprint density at radius 3 is 1.85 bits per heavy atom. The predicted molar refractivity (Wildman–Crippen MR) is 106 cm³/mol. The largest absolute Gasteiger partial charge is 0.340 e. The third-order valence-electron chi connectivity index (χ3n) is 4.04. The van der Waals surface area contributed by atoms with Crippen molar-refractivity contribution in [1.82, 2.24) is 9.97 Å². The second kappa shape index (κ2) is 7.78. The van der Waals surface area contributed by atoms with Crippen LogP contribution in [0.25, 0.3) is 0 Å². The molecule has 0 amide bonds. The highest BCUT2D eigenvalue weighted by atomic mass is 16.1. The van der Waals surface area contributed by atoms with Gasteiger partial charge < -0.3 is 10.6 Å². The zero-order valence-electron chi connectivity index (χ0n) is 15.2. The van der Waals surface area contributed by atoms with Crippen molar-refractivity contribution < 1.29 is 4.79 Å². The first-order valence-electron chi connectivity index (χ1n) is 8.63. The molecule has 0 aliphatic carbocycles. The van der Waals surface area contributed by atoms with E-state index in [0.29, 0.717) is 17.2 Å². The summed E-state index contributed by atoms with van der Waals surface area (Å²) in [6.45, 7) is 5.55. The lowest BCUT2D eigenvalue weighted by Gasteiger charge is -2.11. The van der Waals surface area contributed by atoms with E-state index in [2.05, 4.69) is 39.7 Å². The molecule has 5 heteroatoms. The van der Waals surface area contributed by atoms with Crippen LogP contribution >= 0.6 is 0 Å². The van der Waals surface area contributed by atoms with Gasteiger partial charge in [-0.05, 0) is 62.2 Å². The van der Waals surface area contributed by atoms with Gasteiger partial charge in [0, 0.05) is 23.0 Å². The fraction of sp³-hybridized carbons (Fsp3) is 0.190. The third-order valence-corrected chi connectivity index (χ3v) is 4.04. The van der Waals surface area contributed by atoms with E-state index in [1.54, 1.807) is 19.1 Å². The quantitative estimate of drug-likeness (QED) is 0.612. The zero-order chi connectivity index (χ0) is 18.5. The van der Waals surface area contributed by atoms with Gasteiger partial charge in [-0.25, -0.2) is 9.97 Å². The minimum absolute atomic E-state index is 0.0509. The van der Waals surface area contributed by atoms with Crippen LogP contribution in [0.4, 0.5) is 23.0 Å². The molecule has 3 rings (SSSR count). The molecule has 2 aromatic carbocycles. The summed E-state index contributed by atoms with van der Waals surface area (Å²) < 4.78 is 0. The maximum Gasteiger partial charge on any atom is 0.159 e. The number of anilines is 4. The molecular formula is C21H22N4O. The van der Waals surface area contributed by atoms with Crippen LogP contribution in [0, 0.1) is 6.92 Å². The molecule has 0 fully saturated rings. The van der Waals surface area contributed by atoms with Crippen LogP contribution in [0.2, 0.25) is 0 Å². The number of benzene rings is 2. The highest BCUT2D eigenvalue weighted by molar-refractivity contribution is 5.94. The van der Waals surface area contributed by atoms with Crippen LogP contribution < -0.4 is 10.6 Å². The fourth-order valence-electron chi connectivity index (χ4n) is 2.60. The lowest BCUT2D eigenvalue weighted by molar-refractivity contribution is 0.101. The lowest BCUT2D eigenvalue weighted by atomic mass is 10.1. The van der Waals surface area contributed by atoms with Gasteiger partial charge in [0.05, 0.1) is 0 Å². The number of aryl methyl sites for hydroxylation is 2. The second-order valence-corrected chi connectivity index (χ2v) is 6.12. The molecular weight excluding hydrogens is 324 g/mol. The third kappa shape index (κ3) is 4.45. The lowest BCUT2D eigenvalue weighted by Crippen LogP contribution is -2.02. The monoisotopic (exact) mass is 346 g/mol. The number of aromatic nitrogens is 2. The van der Waals surface area contributed by atoms with E-state index in [1.165, 1.54) is 5.56 Å². The number of carbonyl (C=O) groups is 1. The number of Topliss-reactive ketones (excluding diaryl/α,β-unsaturated/α-hetero) is 1. The van der Waals surface area contributed by atoms with Crippen LogP contribution in [-0.4, -0.2) is 15.8 Å². The Balaban J connectivity index is 1.77. The molecule has 0 unspecified atom stereocenters. The van der Waals surface area contributed by atoms with Crippen molar-refractivity contribution in [3.8, 4) is 0 Å². The first-order valence-corrected chi connectivity index (χ1v) is 8.63. The topological polar surface area (TPSA) is 66.9 Å². The summed E-state index contributed by atoms with van der Waals surface area (Å²) in [5.74, 6) is 2.14. The van der Waals surface area contributed by atoms with Gasteiger partial charge >= 0.3 is 0 Å². The van der Waals surface area contributed by atoms with Gasteiger partial charge in [0.15, 0.2) is 5.78 Å². The van der Waals surface area contributed by atoms with Gasteiger partial charge in [-0.15, -0.1) is 0 Å². The van der Waals surface area contributed by atoms with E-state index in [9.17, 15) is 4.79 Å². The normalized spacial score (nSPS) is 10.4. The maximum atomic E-state index is 11.4. The first kappa shape index (κ1) is 17.6. The molecule has 0 saturated carbocycles. The highest BCUT2D eigenvalue weighted by Crippen LogP contribution is 2.21. The summed E-state index contributed by atoms with van der Waals surface area (Å²) in [5.41, 5.74) is 3.83. The van der Waals surface area contributed by atoms with Crippen molar-refractivity contribution in [2.45, 2.75) is 27.2 Å². The molecule has 2 N–H and O–H groups in total. The van der Waals surface area contributed by atoms with Gasteiger partial charge in [-0.3, -0.25) is 4.79 Å². The Kier molecular flexibility index (Phi) is 5.27. The fourth-order valence-corrected chi connectivity index (χ4v) is 2.60. The van der Waals surface area contributed by atoms with Crippen molar-refractivity contribution >= 4 is 28.8 Å². The summed E-state index contributed by atoms with van der Waals surface area (Å²) in [6.07, 6.45) is 1.02. The van der Waals surface area contributed by atoms with Crippen molar-refractivity contribution in [2.24, 2.45) is 0 Å². The number of rotatable bonds is 6. The molecule has 1 aromatic heterocycles. The minimum Gasteiger partial charge on any atom is -0.340 e. The molecule has 1 heterocycles. The zero-order valence-corrected chi connectivity index (χ0v) is 15.2.